The Morgan fingerprint density at radius 1 is 1.15 bits per heavy atom. The molecule has 2 aromatic carbocycles. The summed E-state index contributed by atoms with van der Waals surface area (Å²) in [7, 11) is 0. The number of nitrogens with zero attached hydrogens (tertiary/aromatic N) is 3. The van der Waals surface area contributed by atoms with E-state index >= 15 is 0 Å². The maximum atomic E-state index is 12.1. The average molecular weight is 382 g/mol. The highest BCUT2D eigenvalue weighted by Gasteiger charge is 2.14. The summed E-state index contributed by atoms with van der Waals surface area (Å²) in [5, 5.41) is 6.36. The minimum absolute atomic E-state index is 0.379. The first kappa shape index (κ1) is 16.5. The number of hydrogen-bond donors (Lipinski definition) is 0. The Morgan fingerprint density at radius 2 is 1.92 bits per heavy atom. The van der Waals surface area contributed by atoms with Crippen LogP contribution < -0.4 is 0 Å². The van der Waals surface area contributed by atoms with Crippen LogP contribution in [0.2, 0.25) is 5.02 Å². The molecule has 0 aliphatic rings. The molecule has 0 bridgehead atoms. The van der Waals surface area contributed by atoms with Crippen molar-refractivity contribution < 1.29 is 9.63 Å². The Bertz CT molecular complexity index is 1090. The summed E-state index contributed by atoms with van der Waals surface area (Å²) in [6.07, 6.45) is 3.41. The summed E-state index contributed by atoms with van der Waals surface area (Å²) in [5.41, 5.74) is 2.87. The smallest absolute Gasteiger partial charge is 0.313 e. The van der Waals surface area contributed by atoms with E-state index in [-0.39, 0.29) is 0 Å². The Balaban J connectivity index is 1.62. The number of fused-ring (bicyclic) bond motifs is 1. The zero-order valence-electron chi connectivity index (χ0n) is 13.4. The van der Waals surface area contributed by atoms with E-state index in [1.165, 1.54) is 17.6 Å². The van der Waals surface area contributed by atoms with Gasteiger partial charge in [0.15, 0.2) is 4.96 Å². The third-order valence-electron chi connectivity index (χ3n) is 3.74. The lowest BCUT2D eigenvalue weighted by molar-refractivity contribution is 0.0519. The van der Waals surface area contributed by atoms with Crippen molar-refractivity contribution >= 4 is 40.1 Å². The highest BCUT2D eigenvalue weighted by atomic mass is 35.5. The van der Waals surface area contributed by atoms with E-state index in [9.17, 15) is 4.79 Å². The lowest BCUT2D eigenvalue weighted by atomic mass is 10.1. The molecule has 0 saturated heterocycles. The van der Waals surface area contributed by atoms with Crippen LogP contribution in [0.5, 0.6) is 0 Å². The molecule has 0 amide bonds. The molecular formula is C19H12ClN3O2S. The number of thiazole rings is 1. The summed E-state index contributed by atoms with van der Waals surface area (Å²) in [5.74, 6) is -0.551. The van der Waals surface area contributed by atoms with E-state index < -0.39 is 5.97 Å². The third kappa shape index (κ3) is 3.24. The monoisotopic (exact) mass is 381 g/mol. The molecule has 26 heavy (non-hydrogen) atoms. The minimum atomic E-state index is -0.551. The zero-order chi connectivity index (χ0) is 17.9. The SMILES string of the molecule is O=C(O/N=C\c1c(-c2ccccc2)nc2sccn12)c1ccc(Cl)cc1. The van der Waals surface area contributed by atoms with Crippen molar-refractivity contribution in [2.24, 2.45) is 5.16 Å². The van der Waals surface area contributed by atoms with Crippen LogP contribution in [0.3, 0.4) is 0 Å². The molecule has 0 N–H and O–H groups in total. The number of rotatable bonds is 4. The Kier molecular flexibility index (Phi) is 4.51. The number of imidazole rings is 1. The van der Waals surface area contributed by atoms with Crippen molar-refractivity contribution in [1.29, 1.82) is 0 Å². The Labute approximate surface area is 158 Å². The first-order chi connectivity index (χ1) is 12.7. The van der Waals surface area contributed by atoms with Crippen molar-refractivity contribution in [1.82, 2.24) is 9.38 Å². The van der Waals surface area contributed by atoms with Crippen LogP contribution in [0.1, 0.15) is 16.1 Å². The summed E-state index contributed by atoms with van der Waals surface area (Å²) in [4.78, 5) is 22.5. The molecule has 0 aliphatic heterocycles. The van der Waals surface area contributed by atoms with Crippen LogP contribution in [0.4, 0.5) is 0 Å². The number of oxime groups is 1. The number of hydrogen-bond acceptors (Lipinski definition) is 5. The van der Waals surface area contributed by atoms with Crippen LogP contribution in [-0.4, -0.2) is 21.6 Å². The molecule has 0 unspecified atom stereocenters. The van der Waals surface area contributed by atoms with Crippen molar-refractivity contribution in [2.45, 2.75) is 0 Å². The lowest BCUT2D eigenvalue weighted by Gasteiger charge is -2.00. The summed E-state index contributed by atoms with van der Waals surface area (Å²) >= 11 is 7.34. The van der Waals surface area contributed by atoms with Crippen LogP contribution in [-0.2, 0) is 4.84 Å². The van der Waals surface area contributed by atoms with Gasteiger partial charge in [-0.3, -0.25) is 4.40 Å². The topological polar surface area (TPSA) is 56.0 Å². The molecule has 0 saturated carbocycles. The van der Waals surface area contributed by atoms with Crippen molar-refractivity contribution in [2.75, 3.05) is 0 Å². The molecule has 128 valence electrons. The molecular weight excluding hydrogens is 370 g/mol. The van der Waals surface area contributed by atoms with Crippen molar-refractivity contribution in [3.8, 4) is 11.3 Å². The normalized spacial score (nSPS) is 11.3. The van der Waals surface area contributed by atoms with E-state index in [2.05, 4.69) is 10.1 Å². The van der Waals surface area contributed by atoms with Gasteiger partial charge in [0.1, 0.15) is 0 Å². The molecule has 0 atom stereocenters. The molecule has 0 fully saturated rings. The summed E-state index contributed by atoms with van der Waals surface area (Å²) in [6, 6.07) is 16.2. The summed E-state index contributed by atoms with van der Waals surface area (Å²) < 4.78 is 1.91. The van der Waals surface area contributed by atoms with Gasteiger partial charge in [-0.15, -0.1) is 11.3 Å². The molecule has 7 heteroatoms. The van der Waals surface area contributed by atoms with Gasteiger partial charge in [-0.05, 0) is 24.3 Å². The van der Waals surface area contributed by atoms with Gasteiger partial charge in [0.05, 0.1) is 23.2 Å². The van der Waals surface area contributed by atoms with E-state index in [0.29, 0.717) is 10.6 Å². The van der Waals surface area contributed by atoms with E-state index in [4.69, 9.17) is 16.4 Å². The second kappa shape index (κ2) is 7.11. The van der Waals surface area contributed by atoms with Gasteiger partial charge in [-0.2, -0.15) is 0 Å². The van der Waals surface area contributed by atoms with Gasteiger partial charge in [-0.25, -0.2) is 9.78 Å². The molecule has 2 aromatic heterocycles. The first-order valence-corrected chi connectivity index (χ1v) is 8.99. The molecule has 4 rings (SSSR count). The van der Waals surface area contributed by atoms with Gasteiger partial charge in [-0.1, -0.05) is 47.1 Å². The molecule has 2 heterocycles. The highest BCUT2D eigenvalue weighted by Crippen LogP contribution is 2.25. The van der Waals surface area contributed by atoms with Crippen molar-refractivity contribution in [3.63, 3.8) is 0 Å². The minimum Gasteiger partial charge on any atom is -0.313 e. The van der Waals surface area contributed by atoms with E-state index in [1.807, 2.05) is 46.3 Å². The molecule has 0 aliphatic carbocycles. The zero-order valence-corrected chi connectivity index (χ0v) is 14.9. The van der Waals surface area contributed by atoms with Crippen LogP contribution >= 0.6 is 22.9 Å². The Morgan fingerprint density at radius 3 is 2.69 bits per heavy atom. The maximum absolute atomic E-state index is 12.1. The Hall–Kier alpha value is -2.96. The van der Waals surface area contributed by atoms with Gasteiger partial charge >= 0.3 is 5.97 Å². The lowest BCUT2D eigenvalue weighted by Crippen LogP contribution is -2.01. The number of carbonyl (C=O) groups excluding carboxylic acids is 1. The van der Waals surface area contributed by atoms with Gasteiger partial charge < -0.3 is 4.84 Å². The first-order valence-electron chi connectivity index (χ1n) is 7.73. The predicted molar refractivity (Wildman–Crippen MR) is 103 cm³/mol. The fraction of sp³-hybridized carbons (Fsp3) is 0. The highest BCUT2D eigenvalue weighted by molar-refractivity contribution is 7.15. The summed E-state index contributed by atoms with van der Waals surface area (Å²) in [6.45, 7) is 0. The van der Waals surface area contributed by atoms with Gasteiger partial charge in [0.25, 0.3) is 0 Å². The fourth-order valence-electron chi connectivity index (χ4n) is 2.50. The average Bonchev–Trinajstić information content (AvgIpc) is 3.25. The number of carbonyl (C=O) groups is 1. The standard InChI is InChI=1S/C19H12ClN3O2S/c20-15-8-6-14(7-9-15)18(24)25-21-12-16-17(13-4-2-1-3-5-13)22-19-23(16)10-11-26-19/h1-12H/b21-12-. The molecule has 5 nitrogen and oxygen atoms in total. The van der Waals surface area contributed by atoms with Crippen LogP contribution in [0.25, 0.3) is 16.2 Å². The third-order valence-corrected chi connectivity index (χ3v) is 4.75. The molecule has 0 spiro atoms. The number of halogens is 1. The molecule has 4 aromatic rings. The maximum Gasteiger partial charge on any atom is 0.365 e. The molecule has 0 radical (unpaired) electrons. The second-order valence-corrected chi connectivity index (χ2v) is 6.70. The predicted octanol–water partition coefficient (Wildman–Crippen LogP) is 4.91. The van der Waals surface area contributed by atoms with E-state index in [1.54, 1.807) is 24.3 Å². The van der Waals surface area contributed by atoms with Gasteiger partial charge in [0.2, 0.25) is 0 Å². The second-order valence-electron chi connectivity index (χ2n) is 5.39. The van der Waals surface area contributed by atoms with Crippen LogP contribution in [0.15, 0.2) is 71.3 Å². The van der Waals surface area contributed by atoms with Crippen LogP contribution in [0, 0.1) is 0 Å². The quantitative estimate of drug-likeness (QED) is 0.287. The van der Waals surface area contributed by atoms with E-state index in [0.717, 1.165) is 21.9 Å². The van der Waals surface area contributed by atoms with Gasteiger partial charge in [0, 0.05) is 22.2 Å². The fourth-order valence-corrected chi connectivity index (χ4v) is 3.34. The number of benzene rings is 2. The number of aromatic nitrogens is 2. The van der Waals surface area contributed by atoms with Crippen molar-refractivity contribution in [3.05, 3.63) is 82.5 Å². The largest absolute Gasteiger partial charge is 0.365 e.